The maximum absolute atomic E-state index is 12.2. The minimum absolute atomic E-state index is 0.0548. The molecule has 0 radical (unpaired) electrons. The van der Waals surface area contributed by atoms with Crippen LogP contribution in [-0.2, 0) is 11.2 Å². The van der Waals surface area contributed by atoms with E-state index < -0.39 is 4.92 Å². The minimum atomic E-state index is -0.487. The SMILES string of the molecule is COc1ccc(CCC(=O)Nc2cc([N+](=O)[O-])ccc2C)cc1OC. The average Bonchev–Trinajstić information content (AvgIpc) is 2.61. The van der Waals surface area contributed by atoms with E-state index in [2.05, 4.69) is 5.32 Å². The van der Waals surface area contributed by atoms with Crippen molar-refractivity contribution in [2.24, 2.45) is 0 Å². The van der Waals surface area contributed by atoms with Crippen LogP contribution in [0.2, 0.25) is 0 Å². The number of nitro groups is 1. The molecule has 0 atom stereocenters. The molecular formula is C18H20N2O5. The van der Waals surface area contributed by atoms with E-state index in [9.17, 15) is 14.9 Å². The van der Waals surface area contributed by atoms with Crippen LogP contribution in [0.1, 0.15) is 17.5 Å². The molecule has 0 aliphatic heterocycles. The van der Waals surface area contributed by atoms with Crippen molar-refractivity contribution in [1.29, 1.82) is 0 Å². The Balaban J connectivity index is 2.02. The van der Waals surface area contributed by atoms with Gasteiger partial charge in [0.25, 0.3) is 5.69 Å². The molecule has 0 saturated carbocycles. The third kappa shape index (κ3) is 4.69. The first kappa shape index (κ1) is 18.3. The molecule has 0 aliphatic rings. The molecule has 1 N–H and O–H groups in total. The van der Waals surface area contributed by atoms with E-state index in [1.807, 2.05) is 12.1 Å². The summed E-state index contributed by atoms with van der Waals surface area (Å²) in [6.07, 6.45) is 0.762. The zero-order chi connectivity index (χ0) is 18.4. The van der Waals surface area contributed by atoms with Gasteiger partial charge in [0.05, 0.1) is 24.8 Å². The highest BCUT2D eigenvalue weighted by molar-refractivity contribution is 5.92. The Hall–Kier alpha value is -3.09. The van der Waals surface area contributed by atoms with Gasteiger partial charge in [0, 0.05) is 18.6 Å². The lowest BCUT2D eigenvalue weighted by Gasteiger charge is -2.10. The third-order valence-corrected chi connectivity index (χ3v) is 3.79. The molecule has 0 heterocycles. The smallest absolute Gasteiger partial charge is 0.271 e. The Kier molecular flexibility index (Phi) is 5.94. The van der Waals surface area contributed by atoms with Gasteiger partial charge in [-0.2, -0.15) is 0 Å². The Labute approximate surface area is 145 Å². The number of ether oxygens (including phenoxy) is 2. The summed E-state index contributed by atoms with van der Waals surface area (Å²) in [5.74, 6) is 1.02. The fraction of sp³-hybridized carbons (Fsp3) is 0.278. The zero-order valence-corrected chi connectivity index (χ0v) is 14.4. The number of methoxy groups -OCH3 is 2. The normalized spacial score (nSPS) is 10.2. The predicted octanol–water partition coefficient (Wildman–Crippen LogP) is 3.49. The number of amides is 1. The number of non-ortho nitro benzene ring substituents is 1. The van der Waals surface area contributed by atoms with Gasteiger partial charge in [0.15, 0.2) is 11.5 Å². The van der Waals surface area contributed by atoms with Crippen molar-refractivity contribution in [2.45, 2.75) is 19.8 Å². The van der Waals surface area contributed by atoms with E-state index >= 15 is 0 Å². The van der Waals surface area contributed by atoms with Crippen LogP contribution in [0.3, 0.4) is 0 Å². The number of carbonyl (C=O) groups is 1. The van der Waals surface area contributed by atoms with Crippen LogP contribution in [0.4, 0.5) is 11.4 Å². The minimum Gasteiger partial charge on any atom is -0.493 e. The van der Waals surface area contributed by atoms with Gasteiger partial charge in [0.2, 0.25) is 5.91 Å². The lowest BCUT2D eigenvalue weighted by atomic mass is 10.1. The first-order chi connectivity index (χ1) is 11.9. The summed E-state index contributed by atoms with van der Waals surface area (Å²) in [5, 5.41) is 13.6. The zero-order valence-electron chi connectivity index (χ0n) is 14.4. The van der Waals surface area contributed by atoms with Crippen molar-refractivity contribution in [1.82, 2.24) is 0 Å². The molecule has 0 saturated heterocycles. The lowest BCUT2D eigenvalue weighted by Crippen LogP contribution is -2.13. The number of hydrogen-bond donors (Lipinski definition) is 1. The van der Waals surface area contributed by atoms with Gasteiger partial charge >= 0.3 is 0 Å². The number of hydrogen-bond acceptors (Lipinski definition) is 5. The van der Waals surface area contributed by atoms with Crippen molar-refractivity contribution in [3.63, 3.8) is 0 Å². The van der Waals surface area contributed by atoms with E-state index in [0.717, 1.165) is 11.1 Å². The highest BCUT2D eigenvalue weighted by Crippen LogP contribution is 2.28. The molecule has 2 rings (SSSR count). The molecule has 2 aromatic carbocycles. The lowest BCUT2D eigenvalue weighted by molar-refractivity contribution is -0.384. The highest BCUT2D eigenvalue weighted by Gasteiger charge is 2.12. The molecule has 0 unspecified atom stereocenters. The fourth-order valence-corrected chi connectivity index (χ4v) is 2.36. The van der Waals surface area contributed by atoms with E-state index in [0.29, 0.717) is 23.6 Å². The molecule has 0 bridgehead atoms. The molecule has 0 aliphatic carbocycles. The van der Waals surface area contributed by atoms with Crippen LogP contribution in [0.5, 0.6) is 11.5 Å². The molecule has 1 amide bonds. The van der Waals surface area contributed by atoms with Crippen molar-refractivity contribution in [3.8, 4) is 11.5 Å². The van der Waals surface area contributed by atoms with E-state index in [1.54, 1.807) is 33.3 Å². The second kappa shape index (κ2) is 8.14. The molecular weight excluding hydrogens is 324 g/mol. The molecule has 2 aromatic rings. The predicted molar refractivity (Wildman–Crippen MR) is 94.3 cm³/mol. The van der Waals surface area contributed by atoms with Gasteiger partial charge in [-0.25, -0.2) is 0 Å². The Bertz CT molecular complexity index is 789. The average molecular weight is 344 g/mol. The molecule has 7 heteroatoms. The van der Waals surface area contributed by atoms with Gasteiger partial charge in [-0.1, -0.05) is 12.1 Å². The quantitative estimate of drug-likeness (QED) is 0.613. The standard InChI is InChI=1S/C18H20N2O5/c1-12-4-7-14(20(22)23)11-15(12)19-18(21)9-6-13-5-8-16(24-2)17(10-13)25-3/h4-5,7-8,10-11H,6,9H2,1-3H3,(H,19,21). The maximum atomic E-state index is 12.2. The topological polar surface area (TPSA) is 90.7 Å². The summed E-state index contributed by atoms with van der Waals surface area (Å²) in [7, 11) is 3.12. The van der Waals surface area contributed by atoms with Crippen LogP contribution >= 0.6 is 0 Å². The second-order valence-corrected chi connectivity index (χ2v) is 5.49. The molecule has 0 fully saturated rings. The fourth-order valence-electron chi connectivity index (χ4n) is 2.36. The monoisotopic (exact) mass is 344 g/mol. The number of carbonyl (C=O) groups excluding carboxylic acids is 1. The molecule has 25 heavy (non-hydrogen) atoms. The van der Waals surface area contributed by atoms with Crippen LogP contribution < -0.4 is 14.8 Å². The van der Waals surface area contributed by atoms with Crippen LogP contribution in [0.25, 0.3) is 0 Å². The first-order valence-corrected chi connectivity index (χ1v) is 7.70. The number of nitrogens with zero attached hydrogens (tertiary/aromatic N) is 1. The summed E-state index contributed by atoms with van der Waals surface area (Å²) in [4.78, 5) is 22.5. The summed E-state index contributed by atoms with van der Waals surface area (Å²) >= 11 is 0. The Morgan fingerprint density at radius 2 is 1.84 bits per heavy atom. The molecule has 0 spiro atoms. The van der Waals surface area contributed by atoms with Crippen LogP contribution in [0, 0.1) is 17.0 Å². The number of nitrogens with one attached hydrogen (secondary N) is 1. The van der Waals surface area contributed by atoms with Crippen LogP contribution in [-0.4, -0.2) is 25.1 Å². The van der Waals surface area contributed by atoms with Gasteiger partial charge in [-0.3, -0.25) is 14.9 Å². The number of rotatable bonds is 7. The number of benzene rings is 2. The van der Waals surface area contributed by atoms with Gasteiger partial charge in [-0.15, -0.1) is 0 Å². The van der Waals surface area contributed by atoms with E-state index in [4.69, 9.17) is 9.47 Å². The Morgan fingerprint density at radius 3 is 2.48 bits per heavy atom. The van der Waals surface area contributed by atoms with Gasteiger partial charge in [-0.05, 0) is 36.6 Å². The Morgan fingerprint density at radius 1 is 1.12 bits per heavy atom. The van der Waals surface area contributed by atoms with Crippen molar-refractivity contribution < 1.29 is 19.2 Å². The van der Waals surface area contributed by atoms with Crippen LogP contribution in [0.15, 0.2) is 36.4 Å². The molecule has 7 nitrogen and oxygen atoms in total. The van der Waals surface area contributed by atoms with Gasteiger partial charge < -0.3 is 14.8 Å². The summed E-state index contributed by atoms with van der Waals surface area (Å²) in [6.45, 7) is 1.79. The third-order valence-electron chi connectivity index (χ3n) is 3.79. The first-order valence-electron chi connectivity index (χ1n) is 7.70. The van der Waals surface area contributed by atoms with E-state index in [1.165, 1.54) is 12.1 Å². The number of anilines is 1. The molecule has 0 aromatic heterocycles. The highest BCUT2D eigenvalue weighted by atomic mass is 16.6. The van der Waals surface area contributed by atoms with Crippen molar-refractivity contribution in [2.75, 3.05) is 19.5 Å². The van der Waals surface area contributed by atoms with Crippen molar-refractivity contribution in [3.05, 3.63) is 57.6 Å². The summed E-state index contributed by atoms with van der Waals surface area (Å²) in [6, 6.07) is 9.87. The number of nitro benzene ring substituents is 1. The number of aryl methyl sites for hydroxylation is 2. The van der Waals surface area contributed by atoms with Crippen molar-refractivity contribution >= 4 is 17.3 Å². The van der Waals surface area contributed by atoms with E-state index in [-0.39, 0.29) is 18.0 Å². The largest absolute Gasteiger partial charge is 0.493 e. The second-order valence-electron chi connectivity index (χ2n) is 5.49. The molecule has 132 valence electrons. The van der Waals surface area contributed by atoms with Gasteiger partial charge in [0.1, 0.15) is 0 Å². The maximum Gasteiger partial charge on any atom is 0.271 e. The summed E-state index contributed by atoms with van der Waals surface area (Å²) < 4.78 is 10.4. The summed E-state index contributed by atoms with van der Waals surface area (Å²) in [5.41, 5.74) is 2.10.